The van der Waals surface area contributed by atoms with E-state index >= 15 is 0 Å². The van der Waals surface area contributed by atoms with Crippen LogP contribution >= 0.6 is 0 Å². The van der Waals surface area contributed by atoms with Crippen LogP contribution in [0.25, 0.3) is 0 Å². The molecule has 0 aromatic heterocycles. The summed E-state index contributed by atoms with van der Waals surface area (Å²) >= 11 is 0. The third-order valence-electron chi connectivity index (χ3n) is 1.51. The van der Waals surface area contributed by atoms with Crippen LogP contribution in [0.15, 0.2) is 0 Å². The van der Waals surface area contributed by atoms with Crippen molar-refractivity contribution in [3.05, 3.63) is 0 Å². The fraction of sp³-hybridized carbons (Fsp3) is 1.00. The zero-order chi connectivity index (χ0) is 10.5. The Labute approximate surface area is 85.7 Å². The minimum Gasteiger partial charge on any atom is -0.344 e. The SMILES string of the molecule is COS(=O)(=O)OC(C)(C)CCCN.N. The molecule has 0 amide bonds. The monoisotopic (exact) mass is 228 g/mol. The molecule has 0 bridgehead atoms. The Morgan fingerprint density at radius 2 is 1.86 bits per heavy atom. The number of nitrogens with two attached hydrogens (primary N) is 1. The molecule has 0 spiro atoms. The lowest BCUT2D eigenvalue weighted by Gasteiger charge is -2.22. The van der Waals surface area contributed by atoms with E-state index in [0.717, 1.165) is 7.11 Å². The van der Waals surface area contributed by atoms with Gasteiger partial charge in [-0.1, -0.05) is 0 Å². The van der Waals surface area contributed by atoms with Crippen molar-refractivity contribution in [2.75, 3.05) is 13.7 Å². The molecule has 0 saturated carbocycles. The first-order valence-electron chi connectivity index (χ1n) is 4.04. The van der Waals surface area contributed by atoms with E-state index < -0.39 is 16.0 Å². The second-order valence-electron chi connectivity index (χ2n) is 3.31. The molecule has 5 N–H and O–H groups in total. The molecule has 0 saturated heterocycles. The van der Waals surface area contributed by atoms with Gasteiger partial charge in [0.05, 0.1) is 12.7 Å². The standard InChI is InChI=1S/C7H17NO4S.H3N/c1-7(2,5-4-6-8)12-13(9,10)11-3;/h4-6,8H2,1-3H3;1H3. The van der Waals surface area contributed by atoms with Crippen molar-refractivity contribution >= 4 is 10.4 Å². The summed E-state index contributed by atoms with van der Waals surface area (Å²) in [6.07, 6.45) is 1.29. The Bertz CT molecular complexity index is 238. The molecule has 6 nitrogen and oxygen atoms in total. The fourth-order valence-electron chi connectivity index (χ4n) is 0.880. The molecule has 0 unspecified atom stereocenters. The summed E-state index contributed by atoms with van der Waals surface area (Å²) in [4.78, 5) is 0. The third kappa shape index (κ3) is 7.22. The zero-order valence-electron chi connectivity index (χ0n) is 8.95. The molecular formula is C7H20N2O4S. The topological polar surface area (TPSA) is 114 Å². The van der Waals surface area contributed by atoms with E-state index in [1.165, 1.54) is 0 Å². The summed E-state index contributed by atoms with van der Waals surface area (Å²) in [6, 6.07) is 0. The maximum atomic E-state index is 10.9. The number of hydrogen-bond donors (Lipinski definition) is 2. The highest BCUT2D eigenvalue weighted by atomic mass is 32.3. The predicted octanol–water partition coefficient (Wildman–Crippen LogP) is 0.574. The van der Waals surface area contributed by atoms with Crippen LogP contribution in [0.1, 0.15) is 26.7 Å². The van der Waals surface area contributed by atoms with E-state index in [9.17, 15) is 8.42 Å². The molecular weight excluding hydrogens is 208 g/mol. The summed E-state index contributed by atoms with van der Waals surface area (Å²) in [5, 5.41) is 0. The summed E-state index contributed by atoms with van der Waals surface area (Å²) in [6.45, 7) is 3.87. The molecule has 0 radical (unpaired) electrons. The van der Waals surface area contributed by atoms with Crippen LogP contribution in [-0.4, -0.2) is 27.7 Å². The van der Waals surface area contributed by atoms with Crippen molar-refractivity contribution in [2.24, 2.45) is 5.73 Å². The Morgan fingerprint density at radius 1 is 1.36 bits per heavy atom. The van der Waals surface area contributed by atoms with E-state index in [-0.39, 0.29) is 6.15 Å². The van der Waals surface area contributed by atoms with Gasteiger partial charge in [-0.2, -0.15) is 8.42 Å². The highest BCUT2D eigenvalue weighted by Gasteiger charge is 2.25. The fourth-order valence-corrected chi connectivity index (χ4v) is 1.58. The minimum atomic E-state index is -3.85. The molecule has 0 aliphatic rings. The first-order valence-corrected chi connectivity index (χ1v) is 5.37. The molecule has 0 aliphatic heterocycles. The molecule has 14 heavy (non-hydrogen) atoms. The van der Waals surface area contributed by atoms with Gasteiger partial charge in [0.1, 0.15) is 0 Å². The molecule has 0 aromatic rings. The van der Waals surface area contributed by atoms with Gasteiger partial charge in [0.25, 0.3) is 0 Å². The van der Waals surface area contributed by atoms with E-state index in [1.54, 1.807) is 13.8 Å². The van der Waals surface area contributed by atoms with Gasteiger partial charge in [-0.05, 0) is 33.2 Å². The normalized spacial score (nSPS) is 12.3. The molecule has 0 aliphatic carbocycles. The van der Waals surface area contributed by atoms with E-state index in [2.05, 4.69) is 4.18 Å². The Kier molecular flexibility index (Phi) is 7.31. The van der Waals surface area contributed by atoms with Crippen molar-refractivity contribution in [3.8, 4) is 0 Å². The predicted molar refractivity (Wildman–Crippen MR) is 54.4 cm³/mol. The van der Waals surface area contributed by atoms with Crippen molar-refractivity contribution in [1.82, 2.24) is 6.15 Å². The Balaban J connectivity index is 0. The summed E-state index contributed by atoms with van der Waals surface area (Å²) in [5.41, 5.74) is 4.54. The van der Waals surface area contributed by atoms with Crippen LogP contribution in [0.3, 0.4) is 0 Å². The lowest BCUT2D eigenvalue weighted by molar-refractivity contribution is 0.0834. The lowest BCUT2D eigenvalue weighted by atomic mass is 10.0. The van der Waals surface area contributed by atoms with E-state index in [0.29, 0.717) is 19.4 Å². The van der Waals surface area contributed by atoms with Crippen LogP contribution in [0.5, 0.6) is 0 Å². The molecule has 0 atom stereocenters. The first-order chi connectivity index (χ1) is 5.83. The second kappa shape index (κ2) is 6.31. The van der Waals surface area contributed by atoms with E-state index in [1.807, 2.05) is 0 Å². The van der Waals surface area contributed by atoms with Gasteiger partial charge in [0.15, 0.2) is 0 Å². The van der Waals surface area contributed by atoms with E-state index in [4.69, 9.17) is 9.92 Å². The first kappa shape index (κ1) is 16.2. The van der Waals surface area contributed by atoms with Gasteiger partial charge in [-0.25, -0.2) is 4.18 Å². The highest BCUT2D eigenvalue weighted by molar-refractivity contribution is 7.81. The number of hydrogen-bond acceptors (Lipinski definition) is 6. The van der Waals surface area contributed by atoms with Crippen LogP contribution in [-0.2, 0) is 18.8 Å². The van der Waals surface area contributed by atoms with Crippen molar-refractivity contribution < 1.29 is 16.8 Å². The molecule has 88 valence electrons. The average Bonchev–Trinajstić information content (AvgIpc) is 1.99. The quantitative estimate of drug-likeness (QED) is 0.687. The molecule has 7 heteroatoms. The van der Waals surface area contributed by atoms with Gasteiger partial charge >= 0.3 is 10.4 Å². The van der Waals surface area contributed by atoms with Gasteiger partial charge < -0.3 is 11.9 Å². The third-order valence-corrected chi connectivity index (χ3v) is 2.58. The average molecular weight is 228 g/mol. The molecule has 0 heterocycles. The van der Waals surface area contributed by atoms with Gasteiger partial charge in [0, 0.05) is 0 Å². The van der Waals surface area contributed by atoms with Crippen molar-refractivity contribution in [3.63, 3.8) is 0 Å². The Hall–Kier alpha value is -0.210. The van der Waals surface area contributed by atoms with Crippen LogP contribution in [0.2, 0.25) is 0 Å². The van der Waals surface area contributed by atoms with Crippen molar-refractivity contribution in [2.45, 2.75) is 32.3 Å². The number of rotatable bonds is 6. The van der Waals surface area contributed by atoms with Gasteiger partial charge in [0.2, 0.25) is 0 Å². The van der Waals surface area contributed by atoms with Crippen LogP contribution in [0, 0.1) is 0 Å². The zero-order valence-corrected chi connectivity index (χ0v) is 9.76. The highest BCUT2D eigenvalue weighted by Crippen LogP contribution is 2.19. The van der Waals surface area contributed by atoms with Crippen LogP contribution < -0.4 is 11.9 Å². The molecule has 0 rings (SSSR count). The summed E-state index contributed by atoms with van der Waals surface area (Å²) in [5.74, 6) is 0. The minimum absolute atomic E-state index is 0. The maximum Gasteiger partial charge on any atom is 0.400 e. The largest absolute Gasteiger partial charge is 0.400 e. The van der Waals surface area contributed by atoms with Gasteiger partial charge in [-0.15, -0.1) is 0 Å². The molecule has 0 aromatic carbocycles. The second-order valence-corrected chi connectivity index (χ2v) is 4.63. The summed E-state index contributed by atoms with van der Waals surface area (Å²) in [7, 11) is -2.78. The van der Waals surface area contributed by atoms with Crippen LogP contribution in [0.4, 0.5) is 0 Å². The molecule has 0 fully saturated rings. The smallest absolute Gasteiger partial charge is 0.344 e. The summed E-state index contributed by atoms with van der Waals surface area (Å²) < 4.78 is 30.7. The maximum absolute atomic E-state index is 10.9. The lowest BCUT2D eigenvalue weighted by Crippen LogP contribution is -2.29. The van der Waals surface area contributed by atoms with Crippen molar-refractivity contribution in [1.29, 1.82) is 0 Å². The Morgan fingerprint density at radius 3 is 2.21 bits per heavy atom. The van der Waals surface area contributed by atoms with Gasteiger partial charge in [-0.3, -0.25) is 4.18 Å².